The lowest BCUT2D eigenvalue weighted by atomic mass is 9.90. The Labute approximate surface area is 123 Å². The summed E-state index contributed by atoms with van der Waals surface area (Å²) >= 11 is 1.53. The third kappa shape index (κ3) is 3.80. The lowest BCUT2D eigenvalue weighted by molar-refractivity contribution is 0.0960. The smallest absolute Gasteiger partial charge is 0.261 e. The van der Waals surface area contributed by atoms with E-state index in [9.17, 15) is 13.2 Å². The number of rotatable bonds is 5. The summed E-state index contributed by atoms with van der Waals surface area (Å²) in [6.07, 6.45) is 3.25. The summed E-state index contributed by atoms with van der Waals surface area (Å²) in [6, 6.07) is 1.96. The SMILES string of the molecule is CNS(=O)(=O)CCNC(=O)c1cc2c(s1)CC[C@@H](C)C2. The van der Waals surface area contributed by atoms with E-state index in [0.29, 0.717) is 10.8 Å². The van der Waals surface area contributed by atoms with Gasteiger partial charge in [-0.25, -0.2) is 13.1 Å². The molecule has 0 spiro atoms. The van der Waals surface area contributed by atoms with Gasteiger partial charge in [0.15, 0.2) is 0 Å². The Balaban J connectivity index is 1.94. The van der Waals surface area contributed by atoms with Crippen molar-refractivity contribution in [2.24, 2.45) is 5.92 Å². The molecule has 112 valence electrons. The minimum Gasteiger partial charge on any atom is -0.350 e. The molecule has 20 heavy (non-hydrogen) atoms. The fourth-order valence-electron chi connectivity index (χ4n) is 2.31. The Morgan fingerprint density at radius 3 is 2.95 bits per heavy atom. The van der Waals surface area contributed by atoms with Gasteiger partial charge < -0.3 is 5.32 Å². The zero-order valence-electron chi connectivity index (χ0n) is 11.7. The fourth-order valence-corrected chi connectivity index (χ4v) is 4.01. The second-order valence-corrected chi connectivity index (χ2v) is 8.37. The van der Waals surface area contributed by atoms with Crippen LogP contribution in [-0.2, 0) is 22.9 Å². The van der Waals surface area contributed by atoms with Crippen LogP contribution in [0, 0.1) is 5.92 Å². The van der Waals surface area contributed by atoms with Crippen molar-refractivity contribution < 1.29 is 13.2 Å². The van der Waals surface area contributed by atoms with Crippen molar-refractivity contribution in [3.05, 3.63) is 21.4 Å². The largest absolute Gasteiger partial charge is 0.350 e. The molecule has 1 heterocycles. The van der Waals surface area contributed by atoms with E-state index in [2.05, 4.69) is 17.0 Å². The van der Waals surface area contributed by atoms with Crippen LogP contribution in [0.2, 0.25) is 0 Å². The minimum absolute atomic E-state index is 0.0998. The fraction of sp³-hybridized carbons (Fsp3) is 0.615. The van der Waals surface area contributed by atoms with E-state index < -0.39 is 10.0 Å². The zero-order chi connectivity index (χ0) is 14.8. The molecule has 5 nitrogen and oxygen atoms in total. The molecule has 1 aromatic heterocycles. The van der Waals surface area contributed by atoms with Gasteiger partial charge in [0.1, 0.15) is 0 Å². The molecule has 0 unspecified atom stereocenters. The number of carbonyl (C=O) groups excluding carboxylic acids is 1. The van der Waals surface area contributed by atoms with Crippen molar-refractivity contribution in [2.45, 2.75) is 26.2 Å². The van der Waals surface area contributed by atoms with Crippen molar-refractivity contribution in [3.8, 4) is 0 Å². The molecule has 0 saturated carbocycles. The average molecular weight is 316 g/mol. The van der Waals surface area contributed by atoms with Gasteiger partial charge in [-0.3, -0.25) is 4.79 Å². The molecule has 0 fully saturated rings. The number of hydrogen-bond acceptors (Lipinski definition) is 4. The second kappa shape index (κ2) is 6.24. The summed E-state index contributed by atoms with van der Waals surface area (Å²) in [6.45, 7) is 2.35. The highest BCUT2D eigenvalue weighted by atomic mass is 32.2. The number of nitrogens with one attached hydrogen (secondary N) is 2. The van der Waals surface area contributed by atoms with Gasteiger partial charge in [-0.15, -0.1) is 11.3 Å². The summed E-state index contributed by atoms with van der Waals surface area (Å²) in [7, 11) is -1.90. The summed E-state index contributed by atoms with van der Waals surface area (Å²) in [5.41, 5.74) is 1.28. The molecule has 1 atom stereocenters. The van der Waals surface area contributed by atoms with Crippen LogP contribution in [0.5, 0.6) is 0 Å². The predicted octanol–water partition coefficient (Wildman–Crippen LogP) is 1.15. The first-order chi connectivity index (χ1) is 9.41. The van der Waals surface area contributed by atoms with Crippen molar-refractivity contribution in [2.75, 3.05) is 19.3 Å². The van der Waals surface area contributed by atoms with E-state index in [0.717, 1.165) is 12.8 Å². The second-order valence-electron chi connectivity index (χ2n) is 5.19. The van der Waals surface area contributed by atoms with Gasteiger partial charge in [-0.1, -0.05) is 6.92 Å². The van der Waals surface area contributed by atoms with E-state index in [4.69, 9.17) is 0 Å². The number of aryl methyl sites for hydroxylation is 1. The lowest BCUT2D eigenvalue weighted by Gasteiger charge is -2.16. The third-order valence-corrected chi connectivity index (χ3v) is 6.12. The predicted molar refractivity (Wildman–Crippen MR) is 80.7 cm³/mol. The quantitative estimate of drug-likeness (QED) is 0.856. The molecule has 2 N–H and O–H groups in total. The molecular weight excluding hydrogens is 296 g/mol. The molecule has 1 aromatic rings. The Bertz CT molecular complexity index is 593. The molecule has 1 aliphatic carbocycles. The average Bonchev–Trinajstić information content (AvgIpc) is 2.81. The molecule has 0 saturated heterocycles. The molecule has 7 heteroatoms. The first kappa shape index (κ1) is 15.5. The van der Waals surface area contributed by atoms with E-state index in [1.54, 1.807) is 0 Å². The normalized spacial score (nSPS) is 18.6. The van der Waals surface area contributed by atoms with Crippen molar-refractivity contribution in [1.29, 1.82) is 0 Å². The highest BCUT2D eigenvalue weighted by molar-refractivity contribution is 7.89. The van der Waals surface area contributed by atoms with Crippen LogP contribution in [0.4, 0.5) is 0 Å². The summed E-state index contributed by atoms with van der Waals surface area (Å²) in [4.78, 5) is 14.0. The number of hydrogen-bond donors (Lipinski definition) is 2. The monoisotopic (exact) mass is 316 g/mol. The van der Waals surface area contributed by atoms with Crippen LogP contribution in [-0.4, -0.2) is 33.7 Å². The number of fused-ring (bicyclic) bond motifs is 1. The third-order valence-electron chi connectivity index (χ3n) is 3.52. The summed E-state index contributed by atoms with van der Waals surface area (Å²) in [5.74, 6) is 0.398. The van der Waals surface area contributed by atoms with Crippen molar-refractivity contribution in [1.82, 2.24) is 10.0 Å². The molecule has 1 amide bonds. The molecule has 0 aliphatic heterocycles. The zero-order valence-corrected chi connectivity index (χ0v) is 13.4. The Kier molecular flexibility index (Phi) is 4.82. The standard InChI is InChI=1S/C13H20N2O3S2/c1-9-3-4-11-10(7-9)8-12(19-11)13(16)15-5-6-20(17,18)14-2/h8-9,14H,3-7H2,1-2H3,(H,15,16)/t9-/m1/s1. The van der Waals surface area contributed by atoms with Gasteiger partial charge in [0.05, 0.1) is 10.6 Å². The van der Waals surface area contributed by atoms with Gasteiger partial charge in [-0.2, -0.15) is 0 Å². The molecule has 0 aromatic carbocycles. The van der Waals surface area contributed by atoms with Gasteiger partial charge >= 0.3 is 0 Å². The van der Waals surface area contributed by atoms with Crippen LogP contribution >= 0.6 is 11.3 Å². The van der Waals surface area contributed by atoms with Crippen LogP contribution in [0.1, 0.15) is 33.5 Å². The maximum Gasteiger partial charge on any atom is 0.261 e. The van der Waals surface area contributed by atoms with E-state index >= 15 is 0 Å². The maximum absolute atomic E-state index is 12.0. The first-order valence-corrected chi connectivity index (χ1v) is 9.19. The molecule has 1 aliphatic rings. The number of sulfonamides is 1. The highest BCUT2D eigenvalue weighted by Gasteiger charge is 2.20. The molecule has 0 radical (unpaired) electrons. The maximum atomic E-state index is 12.0. The van der Waals surface area contributed by atoms with E-state index in [1.807, 2.05) is 6.07 Å². The van der Waals surface area contributed by atoms with E-state index in [-0.39, 0.29) is 18.2 Å². The van der Waals surface area contributed by atoms with Gasteiger partial charge in [0.25, 0.3) is 5.91 Å². The van der Waals surface area contributed by atoms with Crippen LogP contribution in [0.25, 0.3) is 0 Å². The highest BCUT2D eigenvalue weighted by Crippen LogP contribution is 2.32. The number of thiophene rings is 1. The lowest BCUT2D eigenvalue weighted by Crippen LogP contribution is -2.32. The first-order valence-electron chi connectivity index (χ1n) is 6.72. The van der Waals surface area contributed by atoms with Gasteiger partial charge in [0.2, 0.25) is 10.0 Å². The van der Waals surface area contributed by atoms with Crippen LogP contribution < -0.4 is 10.0 Å². The number of carbonyl (C=O) groups is 1. The van der Waals surface area contributed by atoms with Gasteiger partial charge in [0, 0.05) is 11.4 Å². The summed E-state index contributed by atoms with van der Waals surface area (Å²) in [5, 5.41) is 2.66. The minimum atomic E-state index is -3.27. The van der Waals surface area contributed by atoms with E-state index in [1.165, 1.54) is 35.2 Å². The van der Waals surface area contributed by atoms with Crippen LogP contribution in [0.3, 0.4) is 0 Å². The van der Waals surface area contributed by atoms with Crippen molar-refractivity contribution in [3.63, 3.8) is 0 Å². The van der Waals surface area contributed by atoms with Crippen LogP contribution in [0.15, 0.2) is 6.07 Å². The molecule has 2 rings (SSSR count). The topological polar surface area (TPSA) is 75.3 Å². The Morgan fingerprint density at radius 1 is 1.50 bits per heavy atom. The molecular formula is C13H20N2O3S2. The Hall–Kier alpha value is -0.920. The Morgan fingerprint density at radius 2 is 2.25 bits per heavy atom. The van der Waals surface area contributed by atoms with Crippen molar-refractivity contribution >= 4 is 27.3 Å². The van der Waals surface area contributed by atoms with Gasteiger partial charge in [-0.05, 0) is 43.9 Å². The summed E-state index contributed by atoms with van der Waals surface area (Å²) < 4.78 is 24.7. The molecule has 0 bridgehead atoms. The number of amides is 1.